The smallest absolute Gasteiger partial charge is 0.00489 e. The highest BCUT2D eigenvalue weighted by Gasteiger charge is 1.95. The second-order valence-electron chi connectivity index (χ2n) is 4.99. The summed E-state index contributed by atoms with van der Waals surface area (Å²) in [6.45, 7) is 2.50. The van der Waals surface area contributed by atoms with E-state index < -0.39 is 0 Å². The summed E-state index contributed by atoms with van der Waals surface area (Å²) < 4.78 is 0. The molecule has 15 heavy (non-hydrogen) atoms. The highest BCUT2D eigenvalue weighted by Crippen LogP contribution is 2.15. The summed E-state index contributed by atoms with van der Waals surface area (Å²) in [6.07, 6.45) is 17.6. The first kappa shape index (κ1) is 13.0. The van der Waals surface area contributed by atoms with E-state index in [2.05, 4.69) is 5.32 Å². The van der Waals surface area contributed by atoms with Gasteiger partial charge in [-0.05, 0) is 25.9 Å². The summed E-state index contributed by atoms with van der Waals surface area (Å²) in [4.78, 5) is 0. The molecule has 2 rings (SSSR count). The van der Waals surface area contributed by atoms with Gasteiger partial charge in [0.2, 0.25) is 0 Å². The van der Waals surface area contributed by atoms with Crippen LogP contribution in [0.25, 0.3) is 0 Å². The molecule has 1 heterocycles. The fraction of sp³-hybridized carbons (Fsp3) is 1.00. The van der Waals surface area contributed by atoms with Gasteiger partial charge >= 0.3 is 0 Å². The molecule has 0 bridgehead atoms. The van der Waals surface area contributed by atoms with Crippen molar-refractivity contribution in [2.45, 2.75) is 77.0 Å². The van der Waals surface area contributed by atoms with Crippen LogP contribution in [0.1, 0.15) is 77.0 Å². The summed E-state index contributed by atoms with van der Waals surface area (Å²) in [5.41, 5.74) is 0. The van der Waals surface area contributed by atoms with Crippen LogP contribution in [0.4, 0.5) is 0 Å². The van der Waals surface area contributed by atoms with Crippen LogP contribution in [0.15, 0.2) is 0 Å². The van der Waals surface area contributed by atoms with Crippen molar-refractivity contribution in [3.63, 3.8) is 0 Å². The molecule has 2 aliphatic rings. The van der Waals surface area contributed by atoms with E-state index in [1.54, 1.807) is 0 Å². The number of hydrogen-bond donors (Lipinski definition) is 1. The highest BCUT2D eigenvalue weighted by atomic mass is 14.8. The van der Waals surface area contributed by atoms with E-state index in [9.17, 15) is 0 Å². The number of rotatable bonds is 0. The van der Waals surface area contributed by atoms with Crippen molar-refractivity contribution >= 4 is 0 Å². The molecule has 1 aliphatic heterocycles. The van der Waals surface area contributed by atoms with Crippen LogP contribution < -0.4 is 5.32 Å². The van der Waals surface area contributed by atoms with Gasteiger partial charge < -0.3 is 5.32 Å². The van der Waals surface area contributed by atoms with Crippen LogP contribution >= 0.6 is 0 Å². The van der Waals surface area contributed by atoms with Crippen LogP contribution in [-0.2, 0) is 0 Å². The average Bonchev–Trinajstić information content (AvgIpc) is 2.48. The molecule has 1 nitrogen and oxygen atoms in total. The minimum atomic E-state index is 1.25. The Kier molecular flexibility index (Phi) is 9.10. The van der Waals surface area contributed by atoms with E-state index in [4.69, 9.17) is 0 Å². The van der Waals surface area contributed by atoms with E-state index in [0.29, 0.717) is 0 Å². The van der Waals surface area contributed by atoms with E-state index in [-0.39, 0.29) is 0 Å². The van der Waals surface area contributed by atoms with Gasteiger partial charge in [-0.1, -0.05) is 64.2 Å². The topological polar surface area (TPSA) is 12.0 Å². The quantitative estimate of drug-likeness (QED) is 0.590. The van der Waals surface area contributed by atoms with Gasteiger partial charge in [0, 0.05) is 0 Å². The summed E-state index contributed by atoms with van der Waals surface area (Å²) in [5.74, 6) is 0. The Morgan fingerprint density at radius 1 is 0.333 bits per heavy atom. The lowest BCUT2D eigenvalue weighted by Crippen LogP contribution is -2.18. The van der Waals surface area contributed by atoms with Crippen molar-refractivity contribution < 1.29 is 0 Å². The minimum Gasteiger partial charge on any atom is -0.317 e. The van der Waals surface area contributed by atoms with Crippen molar-refractivity contribution in [2.75, 3.05) is 13.1 Å². The van der Waals surface area contributed by atoms with Gasteiger partial charge in [-0.2, -0.15) is 0 Å². The fourth-order valence-electron chi connectivity index (χ4n) is 2.39. The van der Waals surface area contributed by atoms with Crippen molar-refractivity contribution in [3.8, 4) is 0 Å². The Bertz CT molecular complexity index is 78.9. The maximum Gasteiger partial charge on any atom is -0.00489 e. The summed E-state index contributed by atoms with van der Waals surface area (Å²) >= 11 is 0. The zero-order valence-corrected chi connectivity index (χ0v) is 10.4. The van der Waals surface area contributed by atoms with Crippen molar-refractivity contribution in [1.82, 2.24) is 5.32 Å². The predicted octanol–water partition coefficient (Wildman–Crippen LogP) is 4.27. The van der Waals surface area contributed by atoms with Crippen molar-refractivity contribution in [2.24, 2.45) is 0 Å². The fourth-order valence-corrected chi connectivity index (χ4v) is 2.39. The van der Waals surface area contributed by atoms with Crippen LogP contribution in [0.2, 0.25) is 0 Å². The predicted molar refractivity (Wildman–Crippen MR) is 68.3 cm³/mol. The van der Waals surface area contributed by atoms with Crippen LogP contribution in [0.5, 0.6) is 0 Å². The zero-order valence-electron chi connectivity index (χ0n) is 10.4. The molecule has 0 atom stereocenters. The molecule has 0 spiro atoms. The van der Waals surface area contributed by atoms with Gasteiger partial charge in [0.05, 0.1) is 0 Å². The minimum absolute atomic E-state index is 1.25. The largest absolute Gasteiger partial charge is 0.317 e. The monoisotopic (exact) mass is 211 g/mol. The molecule has 1 N–H and O–H groups in total. The van der Waals surface area contributed by atoms with Gasteiger partial charge in [0.1, 0.15) is 0 Å². The molecule has 0 aromatic carbocycles. The third-order valence-corrected chi connectivity index (χ3v) is 3.46. The first-order valence-electron chi connectivity index (χ1n) is 7.21. The SMILES string of the molecule is C1CCCCCC1.C1CCCNCCC1. The third-order valence-electron chi connectivity index (χ3n) is 3.46. The molecule has 0 radical (unpaired) electrons. The molecule has 0 aromatic rings. The Morgan fingerprint density at radius 3 is 0.933 bits per heavy atom. The summed E-state index contributed by atoms with van der Waals surface area (Å²) in [5, 5.41) is 3.39. The molecular formula is C14H29N. The Morgan fingerprint density at radius 2 is 0.600 bits per heavy atom. The van der Waals surface area contributed by atoms with E-state index in [0.717, 1.165) is 0 Å². The van der Waals surface area contributed by atoms with E-state index in [1.807, 2.05) is 0 Å². The Balaban J connectivity index is 0.000000151. The van der Waals surface area contributed by atoms with Gasteiger partial charge in [-0.3, -0.25) is 0 Å². The zero-order chi connectivity index (χ0) is 10.6. The molecule has 90 valence electrons. The molecule has 0 aromatic heterocycles. The average molecular weight is 211 g/mol. The molecule has 2 fully saturated rings. The second-order valence-corrected chi connectivity index (χ2v) is 4.99. The standard InChI is InChI=1S/C7H15N.C7H14/c1-2-4-6-8-7-5-3-1;1-2-4-6-7-5-3-1/h8H,1-7H2;1-7H2. The Labute approximate surface area is 96.0 Å². The van der Waals surface area contributed by atoms with Gasteiger partial charge in [-0.15, -0.1) is 0 Å². The van der Waals surface area contributed by atoms with E-state index in [1.165, 1.54) is 90.1 Å². The molecular weight excluding hydrogens is 182 g/mol. The first-order valence-corrected chi connectivity index (χ1v) is 7.21. The molecule has 0 amide bonds. The van der Waals surface area contributed by atoms with Crippen LogP contribution in [0.3, 0.4) is 0 Å². The van der Waals surface area contributed by atoms with Crippen LogP contribution in [0, 0.1) is 0 Å². The summed E-state index contributed by atoms with van der Waals surface area (Å²) in [6, 6.07) is 0. The lowest BCUT2D eigenvalue weighted by Gasteiger charge is -2.08. The van der Waals surface area contributed by atoms with Crippen molar-refractivity contribution in [3.05, 3.63) is 0 Å². The van der Waals surface area contributed by atoms with E-state index >= 15 is 0 Å². The molecule has 1 heteroatoms. The lowest BCUT2D eigenvalue weighted by molar-refractivity contribution is 0.516. The van der Waals surface area contributed by atoms with Crippen LogP contribution in [-0.4, -0.2) is 13.1 Å². The maximum atomic E-state index is 3.39. The van der Waals surface area contributed by atoms with Gasteiger partial charge in [0.25, 0.3) is 0 Å². The first-order chi connectivity index (χ1) is 7.50. The second kappa shape index (κ2) is 10.5. The number of nitrogens with one attached hydrogen (secondary N) is 1. The third kappa shape index (κ3) is 8.92. The molecule has 1 aliphatic carbocycles. The Hall–Kier alpha value is -0.0400. The number of hydrogen-bond acceptors (Lipinski definition) is 1. The molecule has 1 saturated carbocycles. The van der Waals surface area contributed by atoms with Gasteiger partial charge in [0.15, 0.2) is 0 Å². The molecule has 1 saturated heterocycles. The highest BCUT2D eigenvalue weighted by molar-refractivity contribution is 4.54. The van der Waals surface area contributed by atoms with Crippen molar-refractivity contribution in [1.29, 1.82) is 0 Å². The normalized spacial score (nSPS) is 24.0. The summed E-state index contributed by atoms with van der Waals surface area (Å²) in [7, 11) is 0. The molecule has 0 unspecified atom stereocenters. The maximum absolute atomic E-state index is 3.39. The van der Waals surface area contributed by atoms with Gasteiger partial charge in [-0.25, -0.2) is 0 Å². The lowest BCUT2D eigenvalue weighted by atomic mass is 10.1.